The highest BCUT2D eigenvalue weighted by atomic mass is 19.1. The number of aliphatic hydroxyl groups is 1. The number of nitrogens with one attached hydrogen (secondary N) is 2. The van der Waals surface area contributed by atoms with Gasteiger partial charge >= 0.3 is 0 Å². The van der Waals surface area contributed by atoms with Gasteiger partial charge in [0.05, 0.1) is 5.56 Å². The molecule has 0 aliphatic rings. The summed E-state index contributed by atoms with van der Waals surface area (Å²) in [6.45, 7) is 1.81. The van der Waals surface area contributed by atoms with Crippen molar-refractivity contribution in [1.29, 1.82) is 0 Å². The second kappa shape index (κ2) is 6.28. The van der Waals surface area contributed by atoms with E-state index in [2.05, 4.69) is 25.5 Å². The maximum Gasteiger partial charge on any atom is 0.164 e. The largest absolute Gasteiger partial charge is 0.380 e. The van der Waals surface area contributed by atoms with Crippen molar-refractivity contribution < 1.29 is 18.3 Å². The molecule has 0 aliphatic heterocycles. The fourth-order valence-corrected chi connectivity index (χ4v) is 2.13. The minimum Gasteiger partial charge on any atom is -0.380 e. The highest BCUT2D eigenvalue weighted by Crippen LogP contribution is 2.26. The topological polar surface area (TPSA) is 86.7 Å². The molecule has 124 valence electrons. The first-order chi connectivity index (χ1) is 11.4. The minimum absolute atomic E-state index is 0.239. The molecule has 1 atom stereocenters. The number of hydrogen-bond acceptors (Lipinski definition) is 5. The summed E-state index contributed by atoms with van der Waals surface area (Å²) in [5.41, 5.74) is 0.103. The van der Waals surface area contributed by atoms with Gasteiger partial charge in [0.15, 0.2) is 11.6 Å². The van der Waals surface area contributed by atoms with E-state index in [9.17, 15) is 18.3 Å². The number of aromatic amines is 1. The van der Waals surface area contributed by atoms with Crippen LogP contribution in [0, 0.1) is 24.4 Å². The van der Waals surface area contributed by atoms with Crippen molar-refractivity contribution in [3.63, 3.8) is 0 Å². The Kier molecular flexibility index (Phi) is 4.17. The van der Waals surface area contributed by atoms with E-state index in [1.54, 1.807) is 6.07 Å². The van der Waals surface area contributed by atoms with Gasteiger partial charge in [-0.15, -0.1) is 0 Å². The maximum atomic E-state index is 13.8. The summed E-state index contributed by atoms with van der Waals surface area (Å²) < 4.78 is 40.5. The number of aliphatic hydroxyl groups excluding tert-OH is 1. The average molecular weight is 335 g/mol. The average Bonchev–Trinajstić information content (AvgIpc) is 2.91. The molecular formula is C15H12F3N5O. The Balaban J connectivity index is 1.91. The molecule has 2 heterocycles. The number of aryl methyl sites for hydroxylation is 1. The van der Waals surface area contributed by atoms with Gasteiger partial charge < -0.3 is 10.4 Å². The van der Waals surface area contributed by atoms with Gasteiger partial charge in [0.1, 0.15) is 29.4 Å². The van der Waals surface area contributed by atoms with Gasteiger partial charge in [-0.25, -0.2) is 23.1 Å². The lowest BCUT2D eigenvalue weighted by molar-refractivity contribution is 0.198. The van der Waals surface area contributed by atoms with Crippen LogP contribution in [-0.4, -0.2) is 25.3 Å². The van der Waals surface area contributed by atoms with Crippen LogP contribution in [0.3, 0.4) is 0 Å². The monoisotopic (exact) mass is 335 g/mol. The van der Waals surface area contributed by atoms with Crippen LogP contribution >= 0.6 is 0 Å². The van der Waals surface area contributed by atoms with Crippen molar-refractivity contribution in [1.82, 2.24) is 20.2 Å². The van der Waals surface area contributed by atoms with Gasteiger partial charge in [0.2, 0.25) is 0 Å². The van der Waals surface area contributed by atoms with Crippen LogP contribution in [0.15, 0.2) is 30.5 Å². The summed E-state index contributed by atoms with van der Waals surface area (Å²) in [5, 5.41) is 19.7. The van der Waals surface area contributed by atoms with Crippen LogP contribution in [0.5, 0.6) is 0 Å². The Morgan fingerprint density at radius 1 is 1.12 bits per heavy atom. The number of rotatable bonds is 4. The van der Waals surface area contributed by atoms with Crippen molar-refractivity contribution in [2.75, 3.05) is 5.32 Å². The molecule has 0 spiro atoms. The molecule has 9 heteroatoms. The van der Waals surface area contributed by atoms with E-state index in [0.29, 0.717) is 18.0 Å². The fourth-order valence-electron chi connectivity index (χ4n) is 2.13. The summed E-state index contributed by atoms with van der Waals surface area (Å²) in [4.78, 5) is 7.82. The third kappa shape index (κ3) is 3.20. The molecule has 3 N–H and O–H groups in total. The molecule has 1 unspecified atom stereocenters. The minimum atomic E-state index is -1.78. The maximum absolute atomic E-state index is 13.8. The molecule has 0 bridgehead atoms. The number of H-pyrrole nitrogens is 1. The van der Waals surface area contributed by atoms with Gasteiger partial charge in [0, 0.05) is 30.1 Å². The number of anilines is 2. The molecule has 0 saturated carbocycles. The SMILES string of the molecule is Cc1cc(Nc2ccnc(C(O)c3c(F)cc(F)cc3F)n2)n[nH]1. The zero-order valence-corrected chi connectivity index (χ0v) is 12.4. The van der Waals surface area contributed by atoms with Crippen LogP contribution < -0.4 is 5.32 Å². The fraction of sp³-hybridized carbons (Fsp3) is 0.133. The molecule has 3 aromatic rings. The molecule has 1 aromatic carbocycles. The van der Waals surface area contributed by atoms with Crippen LogP contribution in [0.2, 0.25) is 0 Å². The molecule has 2 aromatic heterocycles. The van der Waals surface area contributed by atoms with E-state index in [1.165, 1.54) is 12.3 Å². The third-order valence-electron chi connectivity index (χ3n) is 3.20. The van der Waals surface area contributed by atoms with E-state index >= 15 is 0 Å². The summed E-state index contributed by atoms with van der Waals surface area (Å²) in [6.07, 6.45) is -0.472. The van der Waals surface area contributed by atoms with E-state index in [-0.39, 0.29) is 11.6 Å². The van der Waals surface area contributed by atoms with Crippen molar-refractivity contribution in [2.24, 2.45) is 0 Å². The molecule has 6 nitrogen and oxygen atoms in total. The Morgan fingerprint density at radius 2 is 1.83 bits per heavy atom. The first-order valence-corrected chi connectivity index (χ1v) is 6.88. The van der Waals surface area contributed by atoms with Crippen LogP contribution in [0.4, 0.5) is 24.8 Å². The van der Waals surface area contributed by atoms with Crippen molar-refractivity contribution >= 4 is 11.6 Å². The summed E-state index contributed by atoms with van der Waals surface area (Å²) in [7, 11) is 0. The lowest BCUT2D eigenvalue weighted by Gasteiger charge is -2.13. The first kappa shape index (κ1) is 15.9. The highest BCUT2D eigenvalue weighted by molar-refractivity contribution is 5.51. The second-order valence-electron chi connectivity index (χ2n) is 5.05. The molecule has 0 fully saturated rings. The Bertz CT molecular complexity index is 860. The summed E-state index contributed by atoms with van der Waals surface area (Å²) in [6, 6.07) is 4.18. The van der Waals surface area contributed by atoms with Gasteiger partial charge in [-0.1, -0.05) is 0 Å². The molecule has 0 aliphatic carbocycles. The predicted octanol–water partition coefficient (Wildman–Crippen LogP) is 2.75. The number of benzene rings is 1. The second-order valence-corrected chi connectivity index (χ2v) is 5.05. The zero-order chi connectivity index (χ0) is 17.3. The van der Waals surface area contributed by atoms with Gasteiger partial charge in [-0.05, 0) is 13.0 Å². The van der Waals surface area contributed by atoms with Crippen LogP contribution in [0.25, 0.3) is 0 Å². The molecule has 0 amide bonds. The molecule has 24 heavy (non-hydrogen) atoms. The van der Waals surface area contributed by atoms with Crippen molar-refractivity contribution in [3.05, 3.63) is 65.0 Å². The molecule has 0 saturated heterocycles. The number of aromatic nitrogens is 4. The van der Waals surface area contributed by atoms with Crippen molar-refractivity contribution in [2.45, 2.75) is 13.0 Å². The first-order valence-electron chi connectivity index (χ1n) is 6.88. The predicted molar refractivity (Wildman–Crippen MR) is 79.0 cm³/mol. The quantitative estimate of drug-likeness (QED) is 0.682. The number of halogens is 3. The van der Waals surface area contributed by atoms with Crippen LogP contribution in [0.1, 0.15) is 23.2 Å². The van der Waals surface area contributed by atoms with Gasteiger partial charge in [0.25, 0.3) is 0 Å². The summed E-state index contributed by atoms with van der Waals surface area (Å²) >= 11 is 0. The molecular weight excluding hydrogens is 323 g/mol. The standard InChI is InChI=1S/C15H12F3N5O/c1-7-4-12(23-22-7)20-11-2-3-19-15(21-11)14(24)13-9(17)5-8(16)6-10(13)18/h2-6,14,24H,1H3,(H2,19,20,21,22,23). The van der Waals surface area contributed by atoms with E-state index in [4.69, 9.17) is 0 Å². The van der Waals surface area contributed by atoms with Crippen molar-refractivity contribution in [3.8, 4) is 0 Å². The smallest absolute Gasteiger partial charge is 0.164 e. The normalized spacial score (nSPS) is 12.2. The lowest BCUT2D eigenvalue weighted by Crippen LogP contribution is -2.11. The van der Waals surface area contributed by atoms with Crippen LogP contribution in [-0.2, 0) is 0 Å². The van der Waals surface area contributed by atoms with Gasteiger partial charge in [-0.3, -0.25) is 5.10 Å². The number of hydrogen-bond donors (Lipinski definition) is 3. The molecule has 3 rings (SSSR count). The zero-order valence-electron chi connectivity index (χ0n) is 12.4. The highest BCUT2D eigenvalue weighted by Gasteiger charge is 2.23. The van der Waals surface area contributed by atoms with E-state index in [0.717, 1.165) is 5.69 Å². The summed E-state index contributed by atoms with van der Waals surface area (Å²) in [5.74, 6) is -3.00. The Labute approximate surface area is 134 Å². The van der Waals surface area contributed by atoms with Gasteiger partial charge in [-0.2, -0.15) is 5.10 Å². The third-order valence-corrected chi connectivity index (χ3v) is 3.20. The Morgan fingerprint density at radius 3 is 2.46 bits per heavy atom. The Hall–Kier alpha value is -2.94. The van der Waals surface area contributed by atoms with E-state index < -0.39 is 29.1 Å². The number of nitrogens with zero attached hydrogens (tertiary/aromatic N) is 3. The molecule has 0 radical (unpaired) electrons. The van der Waals surface area contributed by atoms with E-state index in [1.807, 2.05) is 6.92 Å². The lowest BCUT2D eigenvalue weighted by atomic mass is 10.1.